The van der Waals surface area contributed by atoms with Gasteiger partial charge in [0.05, 0.1) is 28.6 Å². The van der Waals surface area contributed by atoms with Crippen molar-refractivity contribution in [2.24, 2.45) is 5.92 Å². The summed E-state index contributed by atoms with van der Waals surface area (Å²) in [6.07, 6.45) is 5.52. The Hall–Kier alpha value is -4.27. The zero-order chi connectivity index (χ0) is 39.5. The summed E-state index contributed by atoms with van der Waals surface area (Å²) in [5, 5.41) is 6.23. The molecule has 4 amide bonds. The summed E-state index contributed by atoms with van der Waals surface area (Å²) in [4.78, 5) is 62.1. The van der Waals surface area contributed by atoms with Crippen LogP contribution in [0, 0.1) is 12.8 Å². The summed E-state index contributed by atoms with van der Waals surface area (Å²) in [7, 11) is -4.02. The molecule has 3 aliphatic heterocycles. The first-order valence-electron chi connectivity index (χ1n) is 19.6. The van der Waals surface area contributed by atoms with Gasteiger partial charge in [0.1, 0.15) is 35.1 Å². The number of rotatable bonds is 6. The molecule has 15 heteroatoms. The molecule has 2 aliphatic carbocycles. The average Bonchev–Trinajstić information content (AvgIpc) is 4.01. The summed E-state index contributed by atoms with van der Waals surface area (Å²) in [6.45, 7) is 8.54. The maximum atomic E-state index is 16.8. The number of aromatic nitrogens is 1. The SMILES string of the molecule is CCc1ccc2nc(C)c3c(c2c1)C(F)C[C@]1(C[C@H]2C(=O)N[C@]4(C(=O)NS(=O)(=O)C5(C)CC5)C[C@H]4/C=C\CCCCC[C@H](NC(=O)OC(C)C)C(=O)N2C1)O3. The van der Waals surface area contributed by atoms with Crippen molar-refractivity contribution in [3.8, 4) is 5.75 Å². The van der Waals surface area contributed by atoms with E-state index in [-0.39, 0.29) is 38.0 Å². The largest absolute Gasteiger partial charge is 0.483 e. The Balaban J connectivity index is 1.26. The summed E-state index contributed by atoms with van der Waals surface area (Å²) >= 11 is 0. The van der Waals surface area contributed by atoms with Gasteiger partial charge < -0.3 is 25.0 Å². The molecule has 55 heavy (non-hydrogen) atoms. The molecular weight excluding hydrogens is 730 g/mol. The lowest BCUT2D eigenvalue weighted by atomic mass is 9.85. The first kappa shape index (κ1) is 39.0. The normalized spacial score (nSPS) is 30.9. The molecule has 3 fully saturated rings. The number of pyridine rings is 1. The van der Waals surface area contributed by atoms with Crippen molar-refractivity contribution in [1.29, 1.82) is 0 Å². The van der Waals surface area contributed by atoms with Gasteiger partial charge in [0, 0.05) is 29.7 Å². The maximum absolute atomic E-state index is 16.8. The van der Waals surface area contributed by atoms with Gasteiger partial charge in [-0.1, -0.05) is 38.0 Å². The van der Waals surface area contributed by atoms with Gasteiger partial charge in [-0.05, 0) is 90.3 Å². The summed E-state index contributed by atoms with van der Waals surface area (Å²) < 4.78 is 56.4. The van der Waals surface area contributed by atoms with Gasteiger partial charge in [0.2, 0.25) is 21.8 Å². The monoisotopic (exact) mass is 781 g/mol. The Labute approximate surface area is 321 Å². The lowest BCUT2D eigenvalue weighted by Gasteiger charge is -2.38. The van der Waals surface area contributed by atoms with E-state index in [0.29, 0.717) is 47.8 Å². The Morgan fingerprint density at radius 2 is 1.91 bits per heavy atom. The van der Waals surface area contributed by atoms with Gasteiger partial charge in [-0.3, -0.25) is 19.1 Å². The van der Waals surface area contributed by atoms with Crippen LogP contribution < -0.4 is 20.1 Å². The van der Waals surface area contributed by atoms with Crippen molar-refractivity contribution in [3.63, 3.8) is 0 Å². The van der Waals surface area contributed by atoms with E-state index in [0.717, 1.165) is 24.8 Å². The van der Waals surface area contributed by atoms with Crippen LogP contribution in [-0.2, 0) is 35.6 Å². The number of alkyl halides is 1. The Bertz CT molecular complexity index is 2050. The Morgan fingerprint density at radius 1 is 1.15 bits per heavy atom. The van der Waals surface area contributed by atoms with Gasteiger partial charge in [0.15, 0.2) is 0 Å². The van der Waals surface area contributed by atoms with Gasteiger partial charge in [-0.15, -0.1) is 0 Å². The van der Waals surface area contributed by atoms with Gasteiger partial charge in [-0.25, -0.2) is 22.6 Å². The van der Waals surface area contributed by atoms with Crippen molar-refractivity contribution in [3.05, 3.63) is 47.2 Å². The zero-order valence-corrected chi connectivity index (χ0v) is 33.0. The predicted octanol–water partition coefficient (Wildman–Crippen LogP) is 5.14. The molecule has 2 aromatic rings. The van der Waals surface area contributed by atoms with E-state index in [1.807, 2.05) is 37.3 Å². The van der Waals surface area contributed by atoms with E-state index in [2.05, 4.69) is 15.4 Å². The highest BCUT2D eigenvalue weighted by atomic mass is 32.2. The number of hydrogen-bond acceptors (Lipinski definition) is 9. The highest BCUT2D eigenvalue weighted by Gasteiger charge is 2.64. The third kappa shape index (κ3) is 7.40. The fourth-order valence-electron chi connectivity index (χ4n) is 8.39. The number of carbonyl (C=O) groups excluding carboxylic acids is 4. The molecule has 4 heterocycles. The van der Waals surface area contributed by atoms with Crippen molar-refractivity contribution in [2.75, 3.05) is 6.54 Å². The fraction of sp³-hybridized carbons (Fsp3) is 0.625. The lowest BCUT2D eigenvalue weighted by molar-refractivity contribution is -0.141. The molecule has 2 saturated carbocycles. The van der Waals surface area contributed by atoms with Crippen LogP contribution in [-0.4, -0.2) is 82.7 Å². The standard InChI is InChI=1S/C40H52FN5O8S/c1-6-25-14-15-29-27(18-25)32-28(41)20-39(54-33(32)24(4)42-29)21-31-34(47)44-40(36(49)45-55(51,52)38(5)16-17-38)19-26(40)12-10-8-7-9-11-13-30(35(48)46(31)22-39)43-37(50)53-23(2)3/h10,12,14-15,18,23,26,28,30-31H,6-9,11,13,16-17,19-22H2,1-5H3,(H,43,50)(H,44,47)(H,45,49)/b12-10-/t26-,28?,30+,31+,39-,40-/m1/s1. The number of carbonyl (C=O) groups is 4. The number of benzene rings is 1. The zero-order valence-electron chi connectivity index (χ0n) is 32.2. The van der Waals surface area contributed by atoms with E-state index >= 15 is 4.39 Å². The second-order valence-corrected chi connectivity index (χ2v) is 18.9. The van der Waals surface area contributed by atoms with Crippen LogP contribution in [0.25, 0.3) is 10.9 Å². The van der Waals surface area contributed by atoms with Gasteiger partial charge in [-0.2, -0.15) is 0 Å². The van der Waals surface area contributed by atoms with Crippen LogP contribution in [0.2, 0.25) is 0 Å². The third-order valence-corrected chi connectivity index (χ3v) is 14.2. The van der Waals surface area contributed by atoms with Crippen LogP contribution in [0.3, 0.4) is 0 Å². The van der Waals surface area contributed by atoms with Crippen molar-refractivity contribution in [2.45, 2.75) is 145 Å². The quantitative estimate of drug-likeness (QED) is 0.336. The van der Waals surface area contributed by atoms with E-state index < -0.39 is 80.0 Å². The number of aryl methyl sites for hydroxylation is 2. The minimum atomic E-state index is -4.02. The molecule has 0 bridgehead atoms. The first-order valence-corrected chi connectivity index (χ1v) is 21.1. The van der Waals surface area contributed by atoms with Crippen molar-refractivity contribution < 1.29 is 41.5 Å². The third-order valence-electron chi connectivity index (χ3n) is 12.1. The molecule has 1 unspecified atom stereocenters. The molecule has 5 aliphatic rings. The maximum Gasteiger partial charge on any atom is 0.408 e. The molecule has 1 saturated heterocycles. The van der Waals surface area contributed by atoms with E-state index in [9.17, 15) is 27.6 Å². The minimum Gasteiger partial charge on any atom is -0.483 e. The molecule has 13 nitrogen and oxygen atoms in total. The molecule has 0 radical (unpaired) electrons. The van der Waals surface area contributed by atoms with Crippen molar-refractivity contribution in [1.82, 2.24) is 25.2 Å². The number of nitrogens with zero attached hydrogens (tertiary/aromatic N) is 2. The summed E-state index contributed by atoms with van der Waals surface area (Å²) in [6, 6.07) is 3.44. The predicted molar refractivity (Wildman–Crippen MR) is 202 cm³/mol. The molecule has 7 rings (SSSR count). The number of ether oxygens (including phenoxy) is 2. The second-order valence-electron chi connectivity index (χ2n) is 16.7. The van der Waals surface area contributed by atoms with E-state index in [1.165, 1.54) is 4.90 Å². The number of nitrogens with one attached hydrogen (secondary N) is 3. The average molecular weight is 782 g/mol. The van der Waals surface area contributed by atoms with Crippen molar-refractivity contribution >= 4 is 44.7 Å². The number of allylic oxidation sites excluding steroid dienone is 1. The molecular formula is C40H52FN5O8S. The fourth-order valence-corrected chi connectivity index (χ4v) is 9.70. The summed E-state index contributed by atoms with van der Waals surface area (Å²) in [5.41, 5.74) is -0.424. The van der Waals surface area contributed by atoms with E-state index in [1.54, 1.807) is 27.7 Å². The van der Waals surface area contributed by atoms with Crippen LogP contribution in [0.5, 0.6) is 5.75 Å². The molecule has 6 atom stereocenters. The Kier molecular flexibility index (Phi) is 10.2. The molecule has 1 aromatic heterocycles. The van der Waals surface area contributed by atoms with Gasteiger partial charge in [0.25, 0.3) is 5.91 Å². The van der Waals surface area contributed by atoms with E-state index in [4.69, 9.17) is 14.5 Å². The number of halogens is 1. The molecule has 298 valence electrons. The molecule has 1 aromatic carbocycles. The van der Waals surface area contributed by atoms with Crippen LogP contribution in [0.1, 0.15) is 115 Å². The number of hydrogen-bond donors (Lipinski definition) is 3. The molecule has 1 spiro atoms. The first-order chi connectivity index (χ1) is 26.0. The highest BCUT2D eigenvalue weighted by Crippen LogP contribution is 2.51. The topological polar surface area (TPSA) is 173 Å². The number of amides is 4. The number of fused-ring (bicyclic) bond motifs is 5. The van der Waals surface area contributed by atoms with Crippen LogP contribution in [0.15, 0.2) is 30.4 Å². The van der Waals surface area contributed by atoms with Crippen LogP contribution >= 0.6 is 0 Å². The van der Waals surface area contributed by atoms with Gasteiger partial charge >= 0.3 is 6.09 Å². The lowest BCUT2D eigenvalue weighted by Crippen LogP contribution is -2.58. The molecule has 3 N–H and O–H groups in total. The number of sulfonamides is 1. The van der Waals surface area contributed by atoms with Crippen LogP contribution in [0.4, 0.5) is 9.18 Å². The second kappa shape index (κ2) is 14.3. The minimum absolute atomic E-state index is 0.116. The highest BCUT2D eigenvalue weighted by molar-refractivity contribution is 7.91. The Morgan fingerprint density at radius 3 is 2.62 bits per heavy atom. The summed E-state index contributed by atoms with van der Waals surface area (Å²) in [5.74, 6) is -2.30. The smallest absolute Gasteiger partial charge is 0.408 e. The number of alkyl carbamates (subject to hydrolysis) is 1.